The SMILES string of the molecule is C[C@@H](OC(=O)C[C@@H](NC(=O)c1ccccc1Cl)c1ccccc1)C(=O)NC(=O)NC1CCCC1. The number of hydrogen-bond donors (Lipinski definition) is 3. The third-order valence-corrected chi connectivity index (χ3v) is 5.93. The van der Waals surface area contributed by atoms with Crippen molar-refractivity contribution in [1.29, 1.82) is 0 Å². The van der Waals surface area contributed by atoms with Gasteiger partial charge in [-0.1, -0.05) is 66.9 Å². The van der Waals surface area contributed by atoms with Crippen LogP contribution in [0.2, 0.25) is 5.02 Å². The van der Waals surface area contributed by atoms with Crippen molar-refractivity contribution in [3.8, 4) is 0 Å². The molecule has 1 aliphatic carbocycles. The minimum absolute atomic E-state index is 0.0546. The highest BCUT2D eigenvalue weighted by atomic mass is 35.5. The van der Waals surface area contributed by atoms with E-state index in [1.165, 1.54) is 6.92 Å². The van der Waals surface area contributed by atoms with Crippen LogP contribution >= 0.6 is 11.6 Å². The molecule has 1 fully saturated rings. The summed E-state index contributed by atoms with van der Waals surface area (Å²) in [6.45, 7) is 1.38. The van der Waals surface area contributed by atoms with E-state index in [0.717, 1.165) is 25.7 Å². The number of hydrogen-bond acceptors (Lipinski definition) is 5. The minimum atomic E-state index is -1.18. The van der Waals surface area contributed by atoms with Gasteiger partial charge >= 0.3 is 12.0 Å². The maximum absolute atomic E-state index is 12.8. The molecule has 3 N–H and O–H groups in total. The van der Waals surface area contributed by atoms with Crippen LogP contribution in [-0.2, 0) is 14.3 Å². The van der Waals surface area contributed by atoms with Gasteiger partial charge in [-0.25, -0.2) is 4.79 Å². The Morgan fingerprint density at radius 1 is 1.00 bits per heavy atom. The van der Waals surface area contributed by atoms with Crippen molar-refractivity contribution in [3.63, 3.8) is 0 Å². The molecule has 0 radical (unpaired) electrons. The molecule has 0 spiro atoms. The lowest BCUT2D eigenvalue weighted by Gasteiger charge is -2.20. The molecule has 0 saturated heterocycles. The van der Waals surface area contributed by atoms with E-state index in [9.17, 15) is 19.2 Å². The number of ether oxygens (including phenoxy) is 1. The van der Waals surface area contributed by atoms with Gasteiger partial charge in [0.25, 0.3) is 11.8 Å². The normalized spacial score (nSPS) is 15.1. The number of rotatable bonds is 8. The molecule has 0 bridgehead atoms. The van der Waals surface area contributed by atoms with Crippen molar-refractivity contribution in [2.24, 2.45) is 0 Å². The van der Waals surface area contributed by atoms with Crippen LogP contribution in [0.25, 0.3) is 0 Å². The largest absolute Gasteiger partial charge is 0.452 e. The Morgan fingerprint density at radius 2 is 1.65 bits per heavy atom. The Labute approximate surface area is 203 Å². The Kier molecular flexibility index (Phi) is 9.04. The molecule has 34 heavy (non-hydrogen) atoms. The number of carbonyl (C=O) groups excluding carboxylic acids is 4. The predicted molar refractivity (Wildman–Crippen MR) is 127 cm³/mol. The van der Waals surface area contributed by atoms with Gasteiger partial charge in [0.2, 0.25) is 0 Å². The number of benzene rings is 2. The number of urea groups is 1. The van der Waals surface area contributed by atoms with Crippen molar-refractivity contribution in [2.75, 3.05) is 0 Å². The zero-order valence-corrected chi connectivity index (χ0v) is 19.6. The Bertz CT molecular complexity index is 1020. The lowest BCUT2D eigenvalue weighted by atomic mass is 10.0. The van der Waals surface area contributed by atoms with Crippen molar-refractivity contribution in [3.05, 3.63) is 70.7 Å². The molecule has 0 heterocycles. The summed E-state index contributed by atoms with van der Waals surface area (Å²) in [6.07, 6.45) is 2.45. The van der Waals surface area contributed by atoms with E-state index in [-0.39, 0.29) is 23.0 Å². The third-order valence-electron chi connectivity index (χ3n) is 5.60. The van der Waals surface area contributed by atoms with Crippen molar-refractivity contribution >= 4 is 35.4 Å². The van der Waals surface area contributed by atoms with Gasteiger partial charge in [-0.3, -0.25) is 19.7 Å². The molecule has 180 valence electrons. The van der Waals surface area contributed by atoms with E-state index in [0.29, 0.717) is 5.56 Å². The zero-order chi connectivity index (χ0) is 24.5. The molecule has 1 saturated carbocycles. The molecule has 4 amide bonds. The number of amides is 4. The fraction of sp³-hybridized carbons (Fsp3) is 0.360. The van der Waals surface area contributed by atoms with E-state index in [4.69, 9.17) is 16.3 Å². The first kappa shape index (κ1) is 25.2. The number of esters is 1. The average molecular weight is 486 g/mol. The maximum atomic E-state index is 12.8. The van der Waals surface area contributed by atoms with Gasteiger partial charge in [-0.2, -0.15) is 0 Å². The molecule has 2 aromatic rings. The first-order chi connectivity index (χ1) is 16.3. The van der Waals surface area contributed by atoms with Gasteiger partial charge in [0, 0.05) is 6.04 Å². The first-order valence-electron chi connectivity index (χ1n) is 11.2. The van der Waals surface area contributed by atoms with Crippen LogP contribution in [0.3, 0.4) is 0 Å². The number of imide groups is 1. The van der Waals surface area contributed by atoms with Crippen LogP contribution in [-0.4, -0.2) is 36.0 Å². The highest BCUT2D eigenvalue weighted by Gasteiger charge is 2.26. The van der Waals surface area contributed by atoms with Crippen LogP contribution in [0.5, 0.6) is 0 Å². The fourth-order valence-corrected chi connectivity index (χ4v) is 4.01. The quantitative estimate of drug-likeness (QED) is 0.491. The maximum Gasteiger partial charge on any atom is 0.321 e. The van der Waals surface area contributed by atoms with Crippen LogP contribution in [0.1, 0.15) is 61.0 Å². The van der Waals surface area contributed by atoms with Gasteiger partial charge in [0.1, 0.15) is 0 Å². The van der Waals surface area contributed by atoms with Crippen LogP contribution < -0.4 is 16.0 Å². The Balaban J connectivity index is 1.59. The summed E-state index contributed by atoms with van der Waals surface area (Å²) in [6, 6.07) is 14.3. The second-order valence-electron chi connectivity index (χ2n) is 8.20. The minimum Gasteiger partial charge on any atom is -0.452 e. The molecule has 2 atom stereocenters. The average Bonchev–Trinajstić information content (AvgIpc) is 3.32. The molecule has 0 aromatic heterocycles. The van der Waals surface area contributed by atoms with E-state index < -0.39 is 36.0 Å². The second-order valence-corrected chi connectivity index (χ2v) is 8.60. The molecule has 9 heteroatoms. The zero-order valence-electron chi connectivity index (χ0n) is 18.9. The summed E-state index contributed by atoms with van der Waals surface area (Å²) in [5, 5.41) is 8.05. The van der Waals surface area contributed by atoms with Crippen molar-refractivity contribution in [1.82, 2.24) is 16.0 Å². The molecular weight excluding hydrogens is 458 g/mol. The molecular formula is C25H28ClN3O5. The first-order valence-corrected chi connectivity index (χ1v) is 11.6. The van der Waals surface area contributed by atoms with E-state index in [1.54, 1.807) is 48.5 Å². The summed E-state index contributed by atoms with van der Waals surface area (Å²) in [5.41, 5.74) is 0.965. The monoisotopic (exact) mass is 485 g/mol. The second kappa shape index (κ2) is 12.2. The Hall–Kier alpha value is -3.39. The summed E-state index contributed by atoms with van der Waals surface area (Å²) < 4.78 is 5.24. The van der Waals surface area contributed by atoms with Crippen molar-refractivity contribution < 1.29 is 23.9 Å². The molecule has 0 unspecified atom stereocenters. The van der Waals surface area contributed by atoms with E-state index in [2.05, 4.69) is 16.0 Å². The molecule has 1 aliphatic rings. The van der Waals surface area contributed by atoms with Gasteiger partial charge in [0.05, 0.1) is 23.0 Å². The van der Waals surface area contributed by atoms with Crippen LogP contribution in [0.15, 0.2) is 54.6 Å². The van der Waals surface area contributed by atoms with Gasteiger partial charge < -0.3 is 15.4 Å². The molecule has 8 nitrogen and oxygen atoms in total. The van der Waals surface area contributed by atoms with Gasteiger partial charge in [0.15, 0.2) is 6.10 Å². The lowest BCUT2D eigenvalue weighted by molar-refractivity contribution is -0.154. The summed E-state index contributed by atoms with van der Waals surface area (Å²) in [5.74, 6) is -1.87. The van der Waals surface area contributed by atoms with Crippen LogP contribution in [0, 0.1) is 0 Å². The molecule has 3 rings (SSSR count). The number of halogens is 1. The van der Waals surface area contributed by atoms with E-state index in [1.807, 2.05) is 6.07 Å². The number of carbonyl (C=O) groups is 4. The van der Waals surface area contributed by atoms with Gasteiger partial charge in [-0.15, -0.1) is 0 Å². The smallest absolute Gasteiger partial charge is 0.321 e. The van der Waals surface area contributed by atoms with Crippen LogP contribution in [0.4, 0.5) is 4.79 Å². The predicted octanol–water partition coefficient (Wildman–Crippen LogP) is 3.90. The molecule has 2 aromatic carbocycles. The molecule has 0 aliphatic heterocycles. The topological polar surface area (TPSA) is 114 Å². The summed E-state index contributed by atoms with van der Waals surface area (Å²) in [7, 11) is 0. The third kappa shape index (κ3) is 7.31. The van der Waals surface area contributed by atoms with E-state index >= 15 is 0 Å². The Morgan fingerprint density at radius 3 is 2.32 bits per heavy atom. The lowest BCUT2D eigenvalue weighted by Crippen LogP contribution is -2.47. The van der Waals surface area contributed by atoms with Gasteiger partial charge in [-0.05, 0) is 37.5 Å². The highest BCUT2D eigenvalue weighted by molar-refractivity contribution is 6.33. The summed E-state index contributed by atoms with van der Waals surface area (Å²) >= 11 is 6.12. The standard InChI is InChI=1S/C25H28ClN3O5/c1-16(23(31)29-25(33)27-18-11-5-6-12-18)34-22(30)15-21(17-9-3-2-4-10-17)28-24(32)19-13-7-8-14-20(19)26/h2-4,7-10,13-14,16,18,21H,5-6,11-12,15H2,1H3,(H,28,32)(H2,27,29,31,33)/t16-,21-/m1/s1. The summed E-state index contributed by atoms with van der Waals surface area (Å²) in [4.78, 5) is 49.7. The highest BCUT2D eigenvalue weighted by Crippen LogP contribution is 2.21. The fourth-order valence-electron chi connectivity index (χ4n) is 3.79. The number of nitrogens with one attached hydrogen (secondary N) is 3. The van der Waals surface area contributed by atoms with Crippen molar-refractivity contribution in [2.45, 2.75) is 57.2 Å².